The lowest BCUT2D eigenvalue weighted by Crippen LogP contribution is -2.41. The van der Waals surface area contributed by atoms with Crippen LogP contribution >= 0.6 is 0 Å². The third-order valence-electron chi connectivity index (χ3n) is 4.99. The molecule has 2 nitrogen and oxygen atoms in total. The van der Waals surface area contributed by atoms with Gasteiger partial charge in [-0.1, -0.05) is 19.3 Å². The molecule has 0 radical (unpaired) electrons. The van der Waals surface area contributed by atoms with Crippen molar-refractivity contribution in [1.29, 1.82) is 0 Å². The summed E-state index contributed by atoms with van der Waals surface area (Å²) in [7, 11) is 6.81. The number of hydrogen-bond donors (Lipinski definition) is 0. The molecule has 2 aliphatic heterocycles. The average Bonchev–Trinajstić information content (AvgIpc) is 2.56. The van der Waals surface area contributed by atoms with Crippen molar-refractivity contribution in [2.45, 2.75) is 63.5 Å². The Bertz CT molecular complexity index is 227. The lowest BCUT2D eigenvalue weighted by Gasteiger charge is -2.35. The van der Waals surface area contributed by atoms with Gasteiger partial charge in [-0.2, -0.15) is 0 Å². The summed E-state index contributed by atoms with van der Waals surface area (Å²) in [5.41, 5.74) is 0. The summed E-state index contributed by atoms with van der Waals surface area (Å²) >= 11 is 0. The van der Waals surface area contributed by atoms with Gasteiger partial charge in [0.1, 0.15) is 0 Å². The van der Waals surface area contributed by atoms with Crippen LogP contribution in [0.5, 0.6) is 0 Å². The molecule has 100 valence electrons. The van der Waals surface area contributed by atoms with E-state index in [1.807, 2.05) is 0 Å². The first kappa shape index (κ1) is 13.4. The smallest absolute Gasteiger partial charge is 0.0124 e. The fourth-order valence-electron chi connectivity index (χ4n) is 3.90. The van der Waals surface area contributed by atoms with Gasteiger partial charge in [-0.05, 0) is 65.7 Å². The minimum Gasteiger partial charge on any atom is -0.309 e. The van der Waals surface area contributed by atoms with E-state index in [1.54, 1.807) is 0 Å². The topological polar surface area (TPSA) is 6.48 Å². The van der Waals surface area contributed by atoms with Crippen molar-refractivity contribution in [1.82, 2.24) is 9.80 Å². The van der Waals surface area contributed by atoms with Crippen LogP contribution < -0.4 is 0 Å². The molecule has 2 rings (SSSR count). The predicted molar refractivity (Wildman–Crippen MR) is 74.3 cm³/mol. The lowest BCUT2D eigenvalue weighted by molar-refractivity contribution is 0.131. The zero-order chi connectivity index (χ0) is 12.3. The highest BCUT2D eigenvalue weighted by molar-refractivity contribution is 4.88. The molecule has 0 aromatic rings. The zero-order valence-corrected chi connectivity index (χ0v) is 12.0. The van der Waals surface area contributed by atoms with Crippen molar-refractivity contribution in [2.75, 3.05) is 27.7 Å². The average molecular weight is 238 g/mol. The van der Waals surface area contributed by atoms with Gasteiger partial charge >= 0.3 is 0 Å². The van der Waals surface area contributed by atoms with Gasteiger partial charge in [-0.25, -0.2) is 0 Å². The quantitative estimate of drug-likeness (QED) is 0.746. The first-order chi connectivity index (χ1) is 8.18. The summed E-state index contributed by atoms with van der Waals surface area (Å²) < 4.78 is 0. The largest absolute Gasteiger partial charge is 0.309 e. The van der Waals surface area contributed by atoms with Gasteiger partial charge < -0.3 is 9.80 Å². The molecular weight excluding hydrogens is 208 g/mol. The maximum atomic E-state index is 2.75. The fraction of sp³-hybridized carbons (Fsp3) is 1.00. The van der Waals surface area contributed by atoms with Gasteiger partial charge in [0.2, 0.25) is 0 Å². The fourth-order valence-corrected chi connectivity index (χ4v) is 3.90. The Kier molecular flexibility index (Phi) is 4.87. The van der Waals surface area contributed by atoms with Gasteiger partial charge in [0.15, 0.2) is 0 Å². The monoisotopic (exact) mass is 238 g/mol. The highest BCUT2D eigenvalue weighted by Crippen LogP contribution is 2.35. The predicted octanol–water partition coefficient (Wildman–Crippen LogP) is 2.98. The van der Waals surface area contributed by atoms with Gasteiger partial charge in [-0.15, -0.1) is 0 Å². The summed E-state index contributed by atoms with van der Waals surface area (Å²) in [6.07, 6.45) is 11.6. The van der Waals surface area contributed by atoms with Crippen LogP contribution in [0.1, 0.15) is 51.4 Å². The zero-order valence-electron chi connectivity index (χ0n) is 12.0. The van der Waals surface area contributed by atoms with Crippen molar-refractivity contribution in [2.24, 2.45) is 5.92 Å². The van der Waals surface area contributed by atoms with Crippen molar-refractivity contribution in [3.05, 3.63) is 0 Å². The van der Waals surface area contributed by atoms with Crippen LogP contribution in [0.3, 0.4) is 0 Å². The van der Waals surface area contributed by atoms with Crippen molar-refractivity contribution < 1.29 is 0 Å². The summed E-state index contributed by atoms with van der Waals surface area (Å²) in [4.78, 5) is 5.10. The van der Waals surface area contributed by atoms with E-state index in [2.05, 4.69) is 30.9 Å². The second-order valence-corrected chi connectivity index (χ2v) is 6.45. The molecule has 17 heavy (non-hydrogen) atoms. The standard InChI is InChI=1S/C15H30N2/c1-16(2)12-11-13-7-6-9-14-8-4-5-10-15(13)17(14)3/h13-15H,4-12H2,1-3H3/t13-,14+,15+/m0/s1. The molecule has 0 amide bonds. The van der Waals surface area contributed by atoms with E-state index >= 15 is 0 Å². The van der Waals surface area contributed by atoms with Crippen molar-refractivity contribution >= 4 is 0 Å². The molecule has 0 saturated carbocycles. The van der Waals surface area contributed by atoms with E-state index in [4.69, 9.17) is 0 Å². The number of nitrogens with zero attached hydrogens (tertiary/aromatic N) is 2. The first-order valence-electron chi connectivity index (χ1n) is 7.55. The SMILES string of the molecule is CN(C)CC[C@@H]1CCC[C@H]2CCCC[C@H]1N2C. The van der Waals surface area contributed by atoms with Crippen molar-refractivity contribution in [3.63, 3.8) is 0 Å². The van der Waals surface area contributed by atoms with E-state index in [0.717, 1.165) is 18.0 Å². The van der Waals surface area contributed by atoms with Crippen molar-refractivity contribution in [3.8, 4) is 0 Å². The molecule has 2 aliphatic rings. The molecular formula is C15H30N2. The van der Waals surface area contributed by atoms with Gasteiger partial charge in [-0.3, -0.25) is 0 Å². The van der Waals surface area contributed by atoms with Crippen LogP contribution in [-0.4, -0.2) is 49.6 Å². The highest BCUT2D eigenvalue weighted by Gasteiger charge is 2.33. The van der Waals surface area contributed by atoms with Gasteiger partial charge in [0.25, 0.3) is 0 Å². The number of hydrogen-bond acceptors (Lipinski definition) is 2. The number of fused-ring (bicyclic) bond motifs is 2. The molecule has 2 heteroatoms. The van der Waals surface area contributed by atoms with Crippen LogP contribution in [0.4, 0.5) is 0 Å². The van der Waals surface area contributed by atoms with Crippen LogP contribution in [-0.2, 0) is 0 Å². The van der Waals surface area contributed by atoms with Crippen LogP contribution in [0.2, 0.25) is 0 Å². The van der Waals surface area contributed by atoms with E-state index in [0.29, 0.717) is 0 Å². The molecule has 0 aromatic carbocycles. The summed E-state index contributed by atoms with van der Waals surface area (Å²) in [5.74, 6) is 0.950. The molecule has 3 atom stereocenters. The van der Waals surface area contributed by atoms with Crippen LogP contribution in [0, 0.1) is 5.92 Å². The van der Waals surface area contributed by atoms with E-state index < -0.39 is 0 Å². The maximum absolute atomic E-state index is 2.75. The molecule has 2 fully saturated rings. The van der Waals surface area contributed by atoms with Gasteiger partial charge in [0.05, 0.1) is 0 Å². The highest BCUT2D eigenvalue weighted by atomic mass is 15.2. The first-order valence-corrected chi connectivity index (χ1v) is 7.55. The van der Waals surface area contributed by atoms with E-state index in [-0.39, 0.29) is 0 Å². The van der Waals surface area contributed by atoms with Crippen LogP contribution in [0.25, 0.3) is 0 Å². The Hall–Kier alpha value is -0.0800. The molecule has 0 N–H and O–H groups in total. The molecule has 2 heterocycles. The third-order valence-corrected chi connectivity index (χ3v) is 4.99. The van der Waals surface area contributed by atoms with E-state index in [9.17, 15) is 0 Å². The Morgan fingerprint density at radius 2 is 1.71 bits per heavy atom. The summed E-state index contributed by atoms with van der Waals surface area (Å²) in [6, 6.07) is 1.77. The second-order valence-electron chi connectivity index (χ2n) is 6.45. The molecule has 2 saturated heterocycles. The molecule has 0 aliphatic carbocycles. The second kappa shape index (κ2) is 6.19. The lowest BCUT2D eigenvalue weighted by atomic mass is 9.88. The molecule has 0 aromatic heterocycles. The Balaban J connectivity index is 1.99. The summed E-state index contributed by atoms with van der Waals surface area (Å²) in [6.45, 7) is 1.26. The Morgan fingerprint density at radius 3 is 2.47 bits per heavy atom. The normalized spacial score (nSPS) is 35.6. The molecule has 2 bridgehead atoms. The molecule has 0 spiro atoms. The molecule has 0 unspecified atom stereocenters. The van der Waals surface area contributed by atoms with Crippen LogP contribution in [0.15, 0.2) is 0 Å². The maximum Gasteiger partial charge on any atom is 0.0124 e. The third kappa shape index (κ3) is 3.45. The van der Waals surface area contributed by atoms with Gasteiger partial charge in [0, 0.05) is 12.1 Å². The Labute approximate surface area is 107 Å². The minimum atomic E-state index is 0.880. The summed E-state index contributed by atoms with van der Waals surface area (Å²) in [5, 5.41) is 0. The number of rotatable bonds is 3. The minimum absolute atomic E-state index is 0.880. The van der Waals surface area contributed by atoms with E-state index in [1.165, 1.54) is 57.9 Å². The Morgan fingerprint density at radius 1 is 1.00 bits per heavy atom.